The highest BCUT2D eigenvalue weighted by Crippen LogP contribution is 2.16. The first-order valence-electron chi connectivity index (χ1n) is 5.04. The summed E-state index contributed by atoms with van der Waals surface area (Å²) >= 11 is 0. The second-order valence-electron chi connectivity index (χ2n) is 3.68. The van der Waals surface area contributed by atoms with Gasteiger partial charge in [-0.1, -0.05) is 6.07 Å². The maximum Gasteiger partial charge on any atom is 0.0667 e. The van der Waals surface area contributed by atoms with Gasteiger partial charge < -0.3 is 15.8 Å². The number of hydrogen-bond acceptors (Lipinski definition) is 3. The molecule has 1 fully saturated rings. The molecule has 0 aliphatic carbocycles. The minimum atomic E-state index is 0.436. The fraction of sp³-hybridized carbons (Fsp3) is 0.455. The SMILES string of the molecule is Nc1cccc(NC2CCCOC2)c1. The summed E-state index contributed by atoms with van der Waals surface area (Å²) in [4.78, 5) is 0. The zero-order valence-electron chi connectivity index (χ0n) is 8.20. The molecule has 0 aromatic heterocycles. The van der Waals surface area contributed by atoms with Crippen LogP contribution in [-0.2, 0) is 4.74 Å². The summed E-state index contributed by atoms with van der Waals surface area (Å²) in [5, 5.41) is 3.42. The lowest BCUT2D eigenvalue weighted by Crippen LogP contribution is -2.29. The number of ether oxygens (including phenoxy) is 1. The molecule has 0 saturated carbocycles. The van der Waals surface area contributed by atoms with E-state index in [1.807, 2.05) is 24.3 Å². The maximum absolute atomic E-state index is 5.69. The van der Waals surface area contributed by atoms with Gasteiger partial charge in [0, 0.05) is 24.0 Å². The van der Waals surface area contributed by atoms with Crippen molar-refractivity contribution in [3.8, 4) is 0 Å². The summed E-state index contributed by atoms with van der Waals surface area (Å²) < 4.78 is 5.39. The number of hydrogen-bond donors (Lipinski definition) is 2. The molecule has 3 N–H and O–H groups in total. The molecule has 1 aromatic carbocycles. The Morgan fingerprint density at radius 1 is 1.43 bits per heavy atom. The van der Waals surface area contributed by atoms with Crippen LogP contribution >= 0.6 is 0 Å². The Kier molecular flexibility index (Phi) is 2.89. The monoisotopic (exact) mass is 192 g/mol. The Morgan fingerprint density at radius 2 is 2.36 bits per heavy atom. The average molecular weight is 192 g/mol. The second-order valence-corrected chi connectivity index (χ2v) is 3.68. The van der Waals surface area contributed by atoms with Crippen molar-refractivity contribution in [2.75, 3.05) is 24.3 Å². The van der Waals surface area contributed by atoms with E-state index in [1.165, 1.54) is 6.42 Å². The number of anilines is 2. The Balaban J connectivity index is 1.95. The third-order valence-electron chi connectivity index (χ3n) is 2.42. The van der Waals surface area contributed by atoms with Crippen molar-refractivity contribution in [3.63, 3.8) is 0 Å². The van der Waals surface area contributed by atoms with Crippen LogP contribution in [0.15, 0.2) is 24.3 Å². The van der Waals surface area contributed by atoms with Crippen LogP contribution in [0.4, 0.5) is 11.4 Å². The topological polar surface area (TPSA) is 47.3 Å². The fourth-order valence-corrected chi connectivity index (χ4v) is 1.72. The number of rotatable bonds is 2. The first-order chi connectivity index (χ1) is 6.84. The van der Waals surface area contributed by atoms with E-state index in [4.69, 9.17) is 10.5 Å². The molecule has 0 bridgehead atoms. The molecule has 1 aliphatic rings. The molecule has 0 spiro atoms. The molecule has 76 valence electrons. The number of nitrogens with two attached hydrogens (primary N) is 1. The van der Waals surface area contributed by atoms with E-state index in [1.54, 1.807) is 0 Å². The molecule has 1 atom stereocenters. The fourth-order valence-electron chi connectivity index (χ4n) is 1.72. The first kappa shape index (κ1) is 9.34. The molecule has 3 heteroatoms. The molecule has 1 saturated heterocycles. The molecular formula is C11H16N2O. The van der Waals surface area contributed by atoms with E-state index < -0.39 is 0 Å². The lowest BCUT2D eigenvalue weighted by Gasteiger charge is -2.24. The minimum absolute atomic E-state index is 0.436. The smallest absolute Gasteiger partial charge is 0.0667 e. The molecule has 1 unspecified atom stereocenters. The van der Waals surface area contributed by atoms with Crippen molar-refractivity contribution in [1.29, 1.82) is 0 Å². The largest absolute Gasteiger partial charge is 0.399 e. The van der Waals surface area contributed by atoms with Crippen LogP contribution in [0, 0.1) is 0 Å². The number of nitrogen functional groups attached to an aromatic ring is 1. The highest BCUT2D eigenvalue weighted by atomic mass is 16.5. The number of benzene rings is 1. The lowest BCUT2D eigenvalue weighted by atomic mass is 10.1. The van der Waals surface area contributed by atoms with Gasteiger partial charge in [0.05, 0.1) is 6.61 Å². The maximum atomic E-state index is 5.69. The molecular weight excluding hydrogens is 176 g/mol. The predicted molar refractivity (Wildman–Crippen MR) is 58.3 cm³/mol. The van der Waals surface area contributed by atoms with Crippen molar-refractivity contribution in [2.24, 2.45) is 0 Å². The highest BCUT2D eigenvalue weighted by molar-refractivity contribution is 5.54. The Bertz CT molecular complexity index is 295. The molecule has 1 heterocycles. The third-order valence-corrected chi connectivity index (χ3v) is 2.42. The van der Waals surface area contributed by atoms with Gasteiger partial charge in [0.15, 0.2) is 0 Å². The molecule has 14 heavy (non-hydrogen) atoms. The van der Waals surface area contributed by atoms with E-state index in [-0.39, 0.29) is 0 Å². The second kappa shape index (κ2) is 4.33. The first-order valence-corrected chi connectivity index (χ1v) is 5.04. The van der Waals surface area contributed by atoms with E-state index in [0.29, 0.717) is 6.04 Å². The molecule has 1 aliphatic heterocycles. The van der Waals surface area contributed by atoms with E-state index in [9.17, 15) is 0 Å². The zero-order valence-corrected chi connectivity index (χ0v) is 8.20. The van der Waals surface area contributed by atoms with Crippen molar-refractivity contribution >= 4 is 11.4 Å². The minimum Gasteiger partial charge on any atom is -0.399 e. The van der Waals surface area contributed by atoms with Crippen LogP contribution in [0.2, 0.25) is 0 Å². The average Bonchev–Trinajstić information content (AvgIpc) is 2.19. The van der Waals surface area contributed by atoms with Gasteiger partial charge in [-0.25, -0.2) is 0 Å². The van der Waals surface area contributed by atoms with Crippen molar-refractivity contribution < 1.29 is 4.74 Å². The lowest BCUT2D eigenvalue weighted by molar-refractivity contribution is 0.0876. The van der Waals surface area contributed by atoms with Gasteiger partial charge in [0.2, 0.25) is 0 Å². The molecule has 1 aromatic rings. The zero-order chi connectivity index (χ0) is 9.80. The summed E-state index contributed by atoms with van der Waals surface area (Å²) in [7, 11) is 0. The Morgan fingerprint density at radius 3 is 3.07 bits per heavy atom. The summed E-state index contributed by atoms with van der Waals surface area (Å²) in [5.74, 6) is 0. The molecule has 0 amide bonds. The van der Waals surface area contributed by atoms with Crippen LogP contribution < -0.4 is 11.1 Å². The van der Waals surface area contributed by atoms with Crippen LogP contribution in [-0.4, -0.2) is 19.3 Å². The van der Waals surface area contributed by atoms with Crippen LogP contribution in [0.5, 0.6) is 0 Å². The van der Waals surface area contributed by atoms with Gasteiger partial charge in [-0.15, -0.1) is 0 Å². The molecule has 2 rings (SSSR count). The van der Waals surface area contributed by atoms with Crippen molar-refractivity contribution in [2.45, 2.75) is 18.9 Å². The van der Waals surface area contributed by atoms with Crippen molar-refractivity contribution in [1.82, 2.24) is 0 Å². The van der Waals surface area contributed by atoms with Gasteiger partial charge >= 0.3 is 0 Å². The molecule has 0 radical (unpaired) electrons. The van der Waals surface area contributed by atoms with Gasteiger partial charge in [0.1, 0.15) is 0 Å². The van der Waals surface area contributed by atoms with Gasteiger partial charge in [-0.2, -0.15) is 0 Å². The van der Waals surface area contributed by atoms with Gasteiger partial charge in [-0.3, -0.25) is 0 Å². The van der Waals surface area contributed by atoms with Crippen LogP contribution in [0.25, 0.3) is 0 Å². The quantitative estimate of drug-likeness (QED) is 0.703. The summed E-state index contributed by atoms with van der Waals surface area (Å²) in [6.45, 7) is 1.70. The predicted octanol–water partition coefficient (Wildman–Crippen LogP) is 1.86. The molecule has 3 nitrogen and oxygen atoms in total. The van der Waals surface area contributed by atoms with Gasteiger partial charge in [0.25, 0.3) is 0 Å². The summed E-state index contributed by atoms with van der Waals surface area (Å²) in [6, 6.07) is 8.27. The Labute approximate surface area is 84.3 Å². The summed E-state index contributed by atoms with van der Waals surface area (Å²) in [5.41, 5.74) is 7.57. The normalized spacial score (nSPS) is 21.9. The van der Waals surface area contributed by atoms with Crippen LogP contribution in [0.3, 0.4) is 0 Å². The van der Waals surface area contributed by atoms with Crippen molar-refractivity contribution in [3.05, 3.63) is 24.3 Å². The van der Waals surface area contributed by atoms with E-state index >= 15 is 0 Å². The van der Waals surface area contributed by atoms with E-state index in [2.05, 4.69) is 5.32 Å². The summed E-state index contributed by atoms with van der Waals surface area (Å²) in [6.07, 6.45) is 2.31. The van der Waals surface area contributed by atoms with Crippen LogP contribution in [0.1, 0.15) is 12.8 Å². The Hall–Kier alpha value is -1.22. The number of nitrogens with one attached hydrogen (secondary N) is 1. The van der Waals surface area contributed by atoms with Gasteiger partial charge in [-0.05, 0) is 31.0 Å². The highest BCUT2D eigenvalue weighted by Gasteiger charge is 2.12. The third kappa shape index (κ3) is 2.39. The van der Waals surface area contributed by atoms with E-state index in [0.717, 1.165) is 31.0 Å². The standard InChI is InChI=1S/C11H16N2O/c12-9-3-1-4-10(7-9)13-11-5-2-6-14-8-11/h1,3-4,7,11,13H,2,5-6,8,12H2.